The molecule has 16 heavy (non-hydrogen) atoms. The van der Waals surface area contributed by atoms with E-state index in [9.17, 15) is 4.79 Å². The second-order valence-electron chi connectivity index (χ2n) is 4.22. The lowest BCUT2D eigenvalue weighted by Gasteiger charge is -2.04. The molecule has 0 amide bonds. The molecule has 4 heteroatoms. The van der Waals surface area contributed by atoms with Gasteiger partial charge in [-0.25, -0.2) is 4.79 Å². The molecule has 2 aromatic rings. The Labute approximate surface area is 94.1 Å². The van der Waals surface area contributed by atoms with Crippen molar-refractivity contribution in [3.8, 4) is 0 Å². The number of aromatic nitrogens is 2. The van der Waals surface area contributed by atoms with Crippen LogP contribution in [-0.4, -0.2) is 9.13 Å². The third-order valence-electron chi connectivity index (χ3n) is 2.55. The van der Waals surface area contributed by atoms with E-state index in [1.165, 1.54) is 0 Å². The van der Waals surface area contributed by atoms with Gasteiger partial charge < -0.3 is 4.42 Å². The van der Waals surface area contributed by atoms with Gasteiger partial charge in [-0.3, -0.25) is 9.13 Å². The fraction of sp³-hybridized carbons (Fsp3) is 0.417. The topological polar surface area (TPSA) is 40.1 Å². The SMILES string of the molecule is Cc1ccc(Cn2ccn(C(C)C)c2=O)o1. The van der Waals surface area contributed by atoms with E-state index in [0.717, 1.165) is 11.5 Å². The maximum absolute atomic E-state index is 11.9. The molecule has 4 nitrogen and oxygen atoms in total. The van der Waals surface area contributed by atoms with Crippen molar-refractivity contribution in [1.82, 2.24) is 9.13 Å². The number of furan rings is 1. The van der Waals surface area contributed by atoms with Crippen molar-refractivity contribution in [2.24, 2.45) is 0 Å². The minimum Gasteiger partial charge on any atom is -0.464 e. The maximum atomic E-state index is 11.9. The highest BCUT2D eigenvalue weighted by Gasteiger charge is 2.07. The molecule has 2 rings (SSSR count). The van der Waals surface area contributed by atoms with Gasteiger partial charge >= 0.3 is 5.69 Å². The molecule has 0 saturated heterocycles. The predicted octanol–water partition coefficient (Wildman–Crippen LogP) is 2.18. The zero-order valence-corrected chi connectivity index (χ0v) is 9.80. The number of hydrogen-bond acceptors (Lipinski definition) is 2. The number of hydrogen-bond donors (Lipinski definition) is 0. The number of rotatable bonds is 3. The minimum atomic E-state index is 0.00375. The number of aryl methyl sites for hydroxylation is 1. The summed E-state index contributed by atoms with van der Waals surface area (Å²) in [5.74, 6) is 1.67. The molecule has 0 spiro atoms. The molecule has 0 N–H and O–H groups in total. The Morgan fingerprint density at radius 2 is 2.06 bits per heavy atom. The van der Waals surface area contributed by atoms with E-state index in [2.05, 4.69) is 0 Å². The molecule has 0 aliphatic rings. The van der Waals surface area contributed by atoms with E-state index >= 15 is 0 Å². The van der Waals surface area contributed by atoms with Crippen LogP contribution in [0.1, 0.15) is 31.4 Å². The quantitative estimate of drug-likeness (QED) is 0.795. The van der Waals surface area contributed by atoms with E-state index in [1.807, 2.05) is 39.1 Å². The average Bonchev–Trinajstić information content (AvgIpc) is 2.76. The number of nitrogens with zero attached hydrogens (tertiary/aromatic N) is 2. The van der Waals surface area contributed by atoms with Crippen LogP contribution >= 0.6 is 0 Å². The van der Waals surface area contributed by atoms with Crippen LogP contribution < -0.4 is 5.69 Å². The second kappa shape index (κ2) is 4.04. The van der Waals surface area contributed by atoms with Crippen LogP contribution in [0.3, 0.4) is 0 Å². The molecule has 0 aliphatic carbocycles. The lowest BCUT2D eigenvalue weighted by atomic mass is 10.4. The monoisotopic (exact) mass is 220 g/mol. The van der Waals surface area contributed by atoms with E-state index in [-0.39, 0.29) is 11.7 Å². The first-order valence-corrected chi connectivity index (χ1v) is 5.40. The molecule has 0 radical (unpaired) electrons. The second-order valence-corrected chi connectivity index (χ2v) is 4.22. The molecular formula is C12H16N2O2. The largest absolute Gasteiger partial charge is 0.464 e. The number of imidazole rings is 1. The van der Waals surface area contributed by atoms with Crippen LogP contribution in [0, 0.1) is 6.92 Å². The first kappa shape index (κ1) is 10.8. The van der Waals surface area contributed by atoms with Crippen molar-refractivity contribution < 1.29 is 4.42 Å². The van der Waals surface area contributed by atoms with Crippen LogP contribution in [0.5, 0.6) is 0 Å². The van der Waals surface area contributed by atoms with Crippen molar-refractivity contribution in [2.75, 3.05) is 0 Å². The molecule has 0 atom stereocenters. The smallest absolute Gasteiger partial charge is 0.328 e. The first-order chi connectivity index (χ1) is 7.58. The van der Waals surface area contributed by atoms with Gasteiger partial charge in [0, 0.05) is 18.4 Å². The van der Waals surface area contributed by atoms with Crippen molar-refractivity contribution in [2.45, 2.75) is 33.4 Å². The molecule has 0 bridgehead atoms. The van der Waals surface area contributed by atoms with Crippen LogP contribution in [0.15, 0.2) is 33.7 Å². The van der Waals surface area contributed by atoms with Gasteiger partial charge in [-0.1, -0.05) is 0 Å². The Kier molecular flexibility index (Phi) is 2.73. The van der Waals surface area contributed by atoms with Crippen molar-refractivity contribution in [1.29, 1.82) is 0 Å². The third kappa shape index (κ3) is 1.96. The van der Waals surface area contributed by atoms with E-state index in [4.69, 9.17) is 4.42 Å². The van der Waals surface area contributed by atoms with Gasteiger partial charge in [0.15, 0.2) is 0 Å². The Morgan fingerprint density at radius 1 is 1.31 bits per heavy atom. The molecule has 0 aromatic carbocycles. The summed E-state index contributed by atoms with van der Waals surface area (Å²) < 4.78 is 8.80. The van der Waals surface area contributed by atoms with Gasteiger partial charge in [-0.2, -0.15) is 0 Å². The Bertz CT molecular complexity index is 531. The van der Waals surface area contributed by atoms with E-state index in [0.29, 0.717) is 6.54 Å². The van der Waals surface area contributed by atoms with Crippen molar-refractivity contribution in [3.05, 3.63) is 46.5 Å². The van der Waals surface area contributed by atoms with Gasteiger partial charge in [0.2, 0.25) is 0 Å². The zero-order chi connectivity index (χ0) is 11.7. The molecule has 2 heterocycles. The maximum Gasteiger partial charge on any atom is 0.328 e. The molecule has 0 saturated carbocycles. The summed E-state index contributed by atoms with van der Waals surface area (Å²) in [5, 5.41) is 0. The van der Waals surface area contributed by atoms with Crippen LogP contribution in [0.4, 0.5) is 0 Å². The van der Waals surface area contributed by atoms with Crippen molar-refractivity contribution in [3.63, 3.8) is 0 Å². The van der Waals surface area contributed by atoms with Gasteiger partial charge in [-0.15, -0.1) is 0 Å². The Hall–Kier alpha value is -1.71. The third-order valence-corrected chi connectivity index (χ3v) is 2.55. The molecule has 0 aliphatic heterocycles. The molecular weight excluding hydrogens is 204 g/mol. The lowest BCUT2D eigenvalue weighted by Crippen LogP contribution is -2.25. The zero-order valence-electron chi connectivity index (χ0n) is 9.80. The normalized spacial score (nSPS) is 11.2. The van der Waals surface area contributed by atoms with Crippen LogP contribution in [0.25, 0.3) is 0 Å². The summed E-state index contributed by atoms with van der Waals surface area (Å²) in [7, 11) is 0. The first-order valence-electron chi connectivity index (χ1n) is 5.40. The fourth-order valence-corrected chi connectivity index (χ4v) is 1.68. The minimum absolute atomic E-state index is 0.00375. The van der Waals surface area contributed by atoms with Crippen molar-refractivity contribution >= 4 is 0 Å². The molecule has 2 aromatic heterocycles. The molecule has 0 fully saturated rings. The summed E-state index contributed by atoms with van der Waals surface area (Å²) in [6, 6.07) is 3.99. The highest BCUT2D eigenvalue weighted by molar-refractivity contribution is 5.06. The summed E-state index contributed by atoms with van der Waals surface area (Å²) in [5.41, 5.74) is 0.00375. The summed E-state index contributed by atoms with van der Waals surface area (Å²) >= 11 is 0. The standard InChI is InChI=1S/C12H16N2O2/c1-9(2)14-7-6-13(12(14)15)8-11-5-4-10(3)16-11/h4-7,9H,8H2,1-3H3. The molecule has 0 unspecified atom stereocenters. The Balaban J connectivity index is 2.26. The Morgan fingerprint density at radius 3 is 2.56 bits per heavy atom. The van der Waals surface area contributed by atoms with Gasteiger partial charge in [-0.05, 0) is 32.9 Å². The van der Waals surface area contributed by atoms with E-state index in [1.54, 1.807) is 15.3 Å². The van der Waals surface area contributed by atoms with E-state index < -0.39 is 0 Å². The molecule has 86 valence electrons. The summed E-state index contributed by atoms with van der Waals surface area (Å²) in [4.78, 5) is 11.9. The van der Waals surface area contributed by atoms with Gasteiger partial charge in [0.25, 0.3) is 0 Å². The summed E-state index contributed by atoms with van der Waals surface area (Å²) in [6.45, 7) is 6.36. The average molecular weight is 220 g/mol. The predicted molar refractivity (Wildman–Crippen MR) is 61.6 cm³/mol. The highest BCUT2D eigenvalue weighted by Crippen LogP contribution is 2.08. The summed E-state index contributed by atoms with van der Waals surface area (Å²) in [6.07, 6.45) is 3.60. The van der Waals surface area contributed by atoms with Gasteiger partial charge in [0.1, 0.15) is 11.5 Å². The van der Waals surface area contributed by atoms with Crippen LogP contribution in [0.2, 0.25) is 0 Å². The highest BCUT2D eigenvalue weighted by atomic mass is 16.3. The lowest BCUT2D eigenvalue weighted by molar-refractivity contribution is 0.462. The fourth-order valence-electron chi connectivity index (χ4n) is 1.68. The van der Waals surface area contributed by atoms with Gasteiger partial charge in [0.05, 0.1) is 6.54 Å². The van der Waals surface area contributed by atoms with Crippen LogP contribution in [-0.2, 0) is 6.54 Å².